The molecule has 0 aliphatic rings. The molecule has 8 nitrogen and oxygen atoms in total. The summed E-state index contributed by atoms with van der Waals surface area (Å²) in [6, 6.07) is 10.9. The van der Waals surface area contributed by atoms with E-state index >= 15 is 0 Å². The van der Waals surface area contributed by atoms with Gasteiger partial charge < -0.3 is 14.7 Å². The first-order chi connectivity index (χ1) is 15.3. The van der Waals surface area contributed by atoms with Gasteiger partial charge in [0.15, 0.2) is 0 Å². The van der Waals surface area contributed by atoms with Crippen molar-refractivity contribution in [3.8, 4) is 11.3 Å². The third kappa shape index (κ3) is 4.31. The minimum Gasteiger partial charge on any atom is -0.335 e. The second-order valence-electron chi connectivity index (χ2n) is 7.44. The minimum atomic E-state index is -0.403. The number of amides is 2. The topological polar surface area (TPSA) is 101 Å². The van der Waals surface area contributed by atoms with Crippen LogP contribution in [0, 0.1) is 19.7 Å². The number of fused-ring (bicyclic) bond motifs is 1. The Hall–Kier alpha value is -4.14. The molecule has 3 heterocycles. The predicted molar refractivity (Wildman–Crippen MR) is 116 cm³/mol. The first kappa shape index (κ1) is 21.1. The van der Waals surface area contributed by atoms with Gasteiger partial charge in [-0.2, -0.15) is 0 Å². The van der Waals surface area contributed by atoms with Gasteiger partial charge in [-0.15, -0.1) is 0 Å². The van der Waals surface area contributed by atoms with Crippen molar-refractivity contribution in [2.45, 2.75) is 13.8 Å². The van der Waals surface area contributed by atoms with Crippen LogP contribution in [-0.2, 0) is 4.79 Å². The normalized spacial score (nSPS) is 10.9. The minimum absolute atomic E-state index is 0.186. The van der Waals surface area contributed by atoms with Gasteiger partial charge in [0.25, 0.3) is 11.6 Å². The number of nitrogens with one attached hydrogen (secondary N) is 1. The highest BCUT2D eigenvalue weighted by atomic mass is 19.1. The van der Waals surface area contributed by atoms with Gasteiger partial charge in [-0.25, -0.2) is 14.4 Å². The number of anilines is 1. The molecule has 4 rings (SSSR count). The molecule has 1 N–H and O–H groups in total. The number of carbonyl (C=O) groups excluding carboxylic acids is 2. The summed E-state index contributed by atoms with van der Waals surface area (Å²) < 4.78 is 18.6. The molecule has 0 atom stereocenters. The molecule has 32 heavy (non-hydrogen) atoms. The third-order valence-corrected chi connectivity index (χ3v) is 4.90. The van der Waals surface area contributed by atoms with E-state index in [0.29, 0.717) is 28.2 Å². The van der Waals surface area contributed by atoms with Crippen molar-refractivity contribution in [3.63, 3.8) is 0 Å². The average molecular weight is 433 g/mol. The SMILES string of the molecule is Cc1ccnc(NC(=O)CN(C)C(=O)c2cc(-c3ccc(F)cc3)nc3onc(C)c23)c1. The predicted octanol–water partition coefficient (Wildman–Crippen LogP) is 3.75. The third-order valence-electron chi connectivity index (χ3n) is 4.90. The summed E-state index contributed by atoms with van der Waals surface area (Å²) in [5.41, 5.74) is 2.98. The zero-order valence-corrected chi connectivity index (χ0v) is 17.7. The maximum atomic E-state index is 13.3. The average Bonchev–Trinajstić information content (AvgIpc) is 3.14. The molecular formula is C23H20FN5O3. The lowest BCUT2D eigenvalue weighted by atomic mass is 10.0. The number of halogens is 1. The molecule has 3 aromatic heterocycles. The fourth-order valence-electron chi connectivity index (χ4n) is 3.31. The van der Waals surface area contributed by atoms with Gasteiger partial charge in [0.2, 0.25) is 5.91 Å². The smallest absolute Gasteiger partial charge is 0.259 e. The number of aromatic nitrogens is 3. The zero-order valence-electron chi connectivity index (χ0n) is 17.7. The molecule has 0 bridgehead atoms. The summed E-state index contributed by atoms with van der Waals surface area (Å²) in [6.07, 6.45) is 1.60. The molecule has 9 heteroatoms. The lowest BCUT2D eigenvalue weighted by Crippen LogP contribution is -2.35. The molecule has 0 spiro atoms. The number of rotatable bonds is 5. The van der Waals surface area contributed by atoms with Gasteiger partial charge in [0.05, 0.1) is 28.9 Å². The maximum Gasteiger partial charge on any atom is 0.259 e. The van der Waals surface area contributed by atoms with Gasteiger partial charge in [0, 0.05) is 18.8 Å². The summed E-state index contributed by atoms with van der Waals surface area (Å²) >= 11 is 0. The second kappa shape index (κ2) is 8.54. The quantitative estimate of drug-likeness (QED) is 0.514. The number of benzene rings is 1. The number of likely N-dealkylation sites (N-methyl/N-ethyl adjacent to an activating group) is 1. The van der Waals surface area contributed by atoms with Crippen molar-refractivity contribution in [1.82, 2.24) is 20.0 Å². The molecule has 0 saturated heterocycles. The molecule has 4 aromatic rings. The van der Waals surface area contributed by atoms with Crippen molar-refractivity contribution in [2.75, 3.05) is 18.9 Å². The fraction of sp³-hybridized carbons (Fsp3) is 0.174. The summed E-state index contributed by atoms with van der Waals surface area (Å²) in [7, 11) is 1.53. The van der Waals surface area contributed by atoms with Gasteiger partial charge in [-0.3, -0.25) is 9.59 Å². The Morgan fingerprint density at radius 2 is 1.88 bits per heavy atom. The molecule has 0 saturated carbocycles. The zero-order chi connectivity index (χ0) is 22.8. The summed E-state index contributed by atoms with van der Waals surface area (Å²) in [4.78, 5) is 35.5. The number of hydrogen-bond donors (Lipinski definition) is 1. The highest BCUT2D eigenvalue weighted by molar-refractivity contribution is 6.08. The van der Waals surface area contributed by atoms with Gasteiger partial charge in [-0.05, 0) is 61.9 Å². The Morgan fingerprint density at radius 3 is 2.59 bits per heavy atom. The van der Waals surface area contributed by atoms with Crippen LogP contribution in [0.5, 0.6) is 0 Å². The van der Waals surface area contributed by atoms with E-state index in [2.05, 4.69) is 20.4 Å². The van der Waals surface area contributed by atoms with Crippen LogP contribution in [0.15, 0.2) is 53.2 Å². The number of pyridine rings is 2. The van der Waals surface area contributed by atoms with E-state index in [1.54, 1.807) is 37.4 Å². The van der Waals surface area contributed by atoms with Crippen molar-refractivity contribution < 1.29 is 18.5 Å². The van der Waals surface area contributed by atoms with Crippen molar-refractivity contribution in [3.05, 3.63) is 71.3 Å². The van der Waals surface area contributed by atoms with Gasteiger partial charge in [0.1, 0.15) is 11.6 Å². The van der Waals surface area contributed by atoms with Crippen LogP contribution in [0.2, 0.25) is 0 Å². The van der Waals surface area contributed by atoms with E-state index in [1.807, 2.05) is 13.0 Å². The van der Waals surface area contributed by atoms with E-state index in [1.165, 1.54) is 24.1 Å². The second-order valence-corrected chi connectivity index (χ2v) is 7.44. The Labute approximate surface area is 183 Å². The van der Waals surface area contributed by atoms with Crippen LogP contribution in [0.4, 0.5) is 10.2 Å². The molecular weight excluding hydrogens is 413 g/mol. The van der Waals surface area contributed by atoms with Crippen molar-refractivity contribution in [2.24, 2.45) is 0 Å². The van der Waals surface area contributed by atoms with E-state index in [0.717, 1.165) is 5.56 Å². The number of hydrogen-bond acceptors (Lipinski definition) is 6. The van der Waals surface area contributed by atoms with E-state index in [9.17, 15) is 14.0 Å². The van der Waals surface area contributed by atoms with Crippen LogP contribution in [0.1, 0.15) is 21.6 Å². The summed E-state index contributed by atoms with van der Waals surface area (Å²) in [5.74, 6) is -0.754. The Morgan fingerprint density at radius 1 is 1.12 bits per heavy atom. The van der Waals surface area contributed by atoms with Crippen molar-refractivity contribution in [1.29, 1.82) is 0 Å². The Kier molecular flexibility index (Phi) is 5.63. The molecule has 0 aliphatic carbocycles. The summed E-state index contributed by atoms with van der Waals surface area (Å²) in [5, 5.41) is 7.07. The molecule has 1 aromatic carbocycles. The Balaban J connectivity index is 1.62. The van der Waals surface area contributed by atoms with Crippen LogP contribution >= 0.6 is 0 Å². The first-order valence-corrected chi connectivity index (χ1v) is 9.83. The molecule has 162 valence electrons. The van der Waals surface area contributed by atoms with Crippen LogP contribution in [0.3, 0.4) is 0 Å². The van der Waals surface area contributed by atoms with Crippen LogP contribution < -0.4 is 5.32 Å². The molecule has 0 radical (unpaired) electrons. The van der Waals surface area contributed by atoms with Crippen molar-refractivity contribution >= 4 is 28.7 Å². The highest BCUT2D eigenvalue weighted by Crippen LogP contribution is 2.28. The Bertz CT molecular complexity index is 1320. The first-order valence-electron chi connectivity index (χ1n) is 9.83. The highest BCUT2D eigenvalue weighted by Gasteiger charge is 2.23. The van der Waals surface area contributed by atoms with E-state index < -0.39 is 5.91 Å². The summed E-state index contributed by atoms with van der Waals surface area (Å²) in [6.45, 7) is 3.41. The lowest BCUT2D eigenvalue weighted by Gasteiger charge is -2.17. The maximum absolute atomic E-state index is 13.3. The van der Waals surface area contributed by atoms with Gasteiger partial charge in [-0.1, -0.05) is 5.16 Å². The van der Waals surface area contributed by atoms with E-state index in [-0.39, 0.29) is 29.5 Å². The molecule has 2 amide bonds. The standard InChI is InChI=1S/C23H20FN5O3/c1-13-8-9-25-19(10-13)27-20(30)12-29(3)23(31)17-11-18(15-4-6-16(24)7-5-15)26-22-21(17)14(2)28-32-22/h4-11H,12H2,1-3H3,(H,25,27,30). The molecule has 0 aliphatic heterocycles. The number of aryl methyl sites for hydroxylation is 2. The van der Waals surface area contributed by atoms with Crippen LogP contribution in [-0.4, -0.2) is 45.4 Å². The van der Waals surface area contributed by atoms with E-state index in [4.69, 9.17) is 4.52 Å². The molecule has 0 fully saturated rings. The monoisotopic (exact) mass is 433 g/mol. The number of carbonyl (C=O) groups is 2. The fourth-order valence-corrected chi connectivity index (χ4v) is 3.31. The largest absolute Gasteiger partial charge is 0.335 e. The van der Waals surface area contributed by atoms with Gasteiger partial charge >= 0.3 is 0 Å². The molecule has 0 unspecified atom stereocenters. The van der Waals surface area contributed by atoms with Crippen LogP contribution in [0.25, 0.3) is 22.4 Å². The lowest BCUT2D eigenvalue weighted by molar-refractivity contribution is -0.116. The number of nitrogens with zero attached hydrogens (tertiary/aromatic N) is 4.